The van der Waals surface area contributed by atoms with E-state index in [4.69, 9.17) is 0 Å². The Morgan fingerprint density at radius 2 is 1.56 bits per heavy atom. The molecule has 18 heavy (non-hydrogen) atoms. The number of aldehydes is 1. The predicted octanol–water partition coefficient (Wildman–Crippen LogP) is 4.33. The van der Waals surface area contributed by atoms with E-state index < -0.39 is 0 Å². The Balaban J connectivity index is 3.40. The standard InChI is InChI=1S/C16H24O2/c1-10(2)13-6-7-14(11(3)4)16(18)15(13)12(5)8-9-17/h6-7,9-12,18H,8H2,1-5H3. The minimum Gasteiger partial charge on any atom is -0.507 e. The normalized spacial score (nSPS) is 13.1. The van der Waals surface area contributed by atoms with Crippen LogP contribution >= 0.6 is 0 Å². The van der Waals surface area contributed by atoms with Crippen molar-refractivity contribution in [2.45, 2.75) is 58.8 Å². The van der Waals surface area contributed by atoms with Crippen LogP contribution in [0, 0.1) is 0 Å². The second-order valence-corrected chi connectivity index (χ2v) is 5.62. The zero-order valence-corrected chi connectivity index (χ0v) is 12.0. The van der Waals surface area contributed by atoms with Crippen LogP contribution in [0.4, 0.5) is 0 Å². The average Bonchev–Trinajstić information content (AvgIpc) is 2.27. The molecule has 1 aromatic rings. The molecule has 0 saturated carbocycles. The zero-order chi connectivity index (χ0) is 13.9. The maximum atomic E-state index is 10.7. The third-order valence-corrected chi connectivity index (χ3v) is 3.47. The minimum absolute atomic E-state index is 0.0681. The van der Waals surface area contributed by atoms with Crippen LogP contribution in [0.5, 0.6) is 5.75 Å². The van der Waals surface area contributed by atoms with Crippen molar-refractivity contribution in [1.82, 2.24) is 0 Å². The maximum absolute atomic E-state index is 10.7. The van der Waals surface area contributed by atoms with E-state index in [9.17, 15) is 9.90 Å². The van der Waals surface area contributed by atoms with Gasteiger partial charge in [-0.2, -0.15) is 0 Å². The number of hydrogen-bond donors (Lipinski definition) is 1. The Hall–Kier alpha value is -1.31. The molecule has 2 heteroatoms. The molecule has 1 N–H and O–H groups in total. The molecular formula is C16H24O2. The van der Waals surface area contributed by atoms with Crippen LogP contribution in [-0.2, 0) is 4.79 Å². The van der Waals surface area contributed by atoms with E-state index in [-0.39, 0.29) is 11.8 Å². The monoisotopic (exact) mass is 248 g/mol. The molecule has 0 spiro atoms. The van der Waals surface area contributed by atoms with E-state index in [0.717, 1.165) is 23.0 Å². The molecule has 1 aromatic carbocycles. The van der Waals surface area contributed by atoms with Crippen LogP contribution in [0.1, 0.15) is 75.5 Å². The van der Waals surface area contributed by atoms with Gasteiger partial charge in [0.05, 0.1) is 0 Å². The lowest BCUT2D eigenvalue weighted by atomic mass is 9.84. The molecule has 0 amide bonds. The van der Waals surface area contributed by atoms with Crippen molar-refractivity contribution in [3.05, 3.63) is 28.8 Å². The van der Waals surface area contributed by atoms with Crippen molar-refractivity contribution < 1.29 is 9.90 Å². The summed E-state index contributed by atoms with van der Waals surface area (Å²) in [5, 5.41) is 10.5. The Morgan fingerprint density at radius 3 is 2.00 bits per heavy atom. The highest BCUT2D eigenvalue weighted by atomic mass is 16.3. The van der Waals surface area contributed by atoms with Crippen molar-refractivity contribution in [1.29, 1.82) is 0 Å². The molecule has 0 aliphatic rings. The van der Waals surface area contributed by atoms with Crippen molar-refractivity contribution in [3.8, 4) is 5.75 Å². The van der Waals surface area contributed by atoms with E-state index in [1.807, 2.05) is 13.0 Å². The average molecular weight is 248 g/mol. The molecule has 2 nitrogen and oxygen atoms in total. The number of phenolic OH excluding ortho intramolecular Hbond substituents is 1. The van der Waals surface area contributed by atoms with Crippen molar-refractivity contribution >= 4 is 6.29 Å². The molecule has 1 rings (SSSR count). The summed E-state index contributed by atoms with van der Waals surface area (Å²) < 4.78 is 0. The quantitative estimate of drug-likeness (QED) is 0.787. The van der Waals surface area contributed by atoms with Crippen molar-refractivity contribution in [2.75, 3.05) is 0 Å². The summed E-state index contributed by atoms with van der Waals surface area (Å²) >= 11 is 0. The van der Waals surface area contributed by atoms with Crippen LogP contribution in [0.3, 0.4) is 0 Å². The van der Waals surface area contributed by atoms with Gasteiger partial charge in [0.15, 0.2) is 0 Å². The van der Waals surface area contributed by atoms with E-state index in [2.05, 4.69) is 33.8 Å². The second kappa shape index (κ2) is 6.03. The van der Waals surface area contributed by atoms with Gasteiger partial charge in [-0.25, -0.2) is 0 Å². The van der Waals surface area contributed by atoms with Crippen LogP contribution in [-0.4, -0.2) is 11.4 Å². The number of carbonyl (C=O) groups is 1. The van der Waals surface area contributed by atoms with Crippen LogP contribution in [0.2, 0.25) is 0 Å². The Labute approximate surface area is 110 Å². The summed E-state index contributed by atoms with van der Waals surface area (Å²) in [4.78, 5) is 10.7. The first-order valence-corrected chi connectivity index (χ1v) is 6.69. The molecule has 0 aromatic heterocycles. The van der Waals surface area contributed by atoms with Gasteiger partial charge in [-0.1, -0.05) is 46.8 Å². The number of phenols is 1. The number of benzene rings is 1. The highest BCUT2D eigenvalue weighted by Crippen LogP contribution is 2.39. The summed E-state index contributed by atoms with van der Waals surface area (Å²) in [5.74, 6) is 1.08. The Kier molecular flexibility index (Phi) is 4.94. The van der Waals surface area contributed by atoms with Crippen LogP contribution in [0.15, 0.2) is 12.1 Å². The van der Waals surface area contributed by atoms with Gasteiger partial charge in [-0.3, -0.25) is 0 Å². The molecule has 0 fully saturated rings. The van der Waals surface area contributed by atoms with Crippen LogP contribution < -0.4 is 0 Å². The van der Waals surface area contributed by atoms with E-state index in [1.54, 1.807) is 0 Å². The lowest BCUT2D eigenvalue weighted by Gasteiger charge is -2.22. The first kappa shape index (κ1) is 14.7. The smallest absolute Gasteiger partial charge is 0.122 e. The predicted molar refractivity (Wildman–Crippen MR) is 75.4 cm³/mol. The summed E-state index contributed by atoms with van der Waals surface area (Å²) in [5.41, 5.74) is 3.06. The maximum Gasteiger partial charge on any atom is 0.122 e. The fourth-order valence-corrected chi connectivity index (χ4v) is 2.39. The minimum atomic E-state index is 0.0681. The summed E-state index contributed by atoms with van der Waals surface area (Å²) in [6.45, 7) is 10.4. The van der Waals surface area contributed by atoms with E-state index in [0.29, 0.717) is 18.1 Å². The van der Waals surface area contributed by atoms with Crippen LogP contribution in [0.25, 0.3) is 0 Å². The van der Waals surface area contributed by atoms with Gasteiger partial charge in [0.25, 0.3) is 0 Å². The van der Waals surface area contributed by atoms with Crippen molar-refractivity contribution in [2.24, 2.45) is 0 Å². The molecular weight excluding hydrogens is 224 g/mol. The Morgan fingerprint density at radius 1 is 1.06 bits per heavy atom. The lowest BCUT2D eigenvalue weighted by Crippen LogP contribution is -2.05. The van der Waals surface area contributed by atoms with Gasteiger partial charge in [-0.05, 0) is 28.9 Å². The molecule has 0 bridgehead atoms. The summed E-state index contributed by atoms with van der Waals surface area (Å²) in [6.07, 6.45) is 1.38. The molecule has 1 atom stereocenters. The van der Waals surface area contributed by atoms with Gasteiger partial charge in [0.1, 0.15) is 12.0 Å². The SMILES string of the molecule is CC(C)c1ccc(C(C)C)c(C(C)CC=O)c1O. The number of aromatic hydroxyl groups is 1. The van der Waals surface area contributed by atoms with Gasteiger partial charge in [0.2, 0.25) is 0 Å². The summed E-state index contributed by atoms with van der Waals surface area (Å²) in [7, 11) is 0. The van der Waals surface area contributed by atoms with Gasteiger partial charge >= 0.3 is 0 Å². The summed E-state index contributed by atoms with van der Waals surface area (Å²) in [6, 6.07) is 4.10. The topological polar surface area (TPSA) is 37.3 Å². The van der Waals surface area contributed by atoms with Gasteiger partial charge < -0.3 is 9.90 Å². The highest BCUT2D eigenvalue weighted by Gasteiger charge is 2.20. The number of rotatable bonds is 5. The van der Waals surface area contributed by atoms with Gasteiger partial charge in [-0.15, -0.1) is 0 Å². The zero-order valence-electron chi connectivity index (χ0n) is 12.0. The fourth-order valence-electron chi connectivity index (χ4n) is 2.39. The third-order valence-electron chi connectivity index (χ3n) is 3.47. The molecule has 0 aliphatic heterocycles. The molecule has 0 radical (unpaired) electrons. The van der Waals surface area contributed by atoms with Crippen molar-refractivity contribution in [3.63, 3.8) is 0 Å². The number of hydrogen-bond acceptors (Lipinski definition) is 2. The Bertz CT molecular complexity index is 419. The molecule has 0 heterocycles. The van der Waals surface area contributed by atoms with Gasteiger partial charge in [0, 0.05) is 12.0 Å². The largest absolute Gasteiger partial charge is 0.507 e. The third kappa shape index (κ3) is 2.92. The van der Waals surface area contributed by atoms with E-state index in [1.165, 1.54) is 0 Å². The second-order valence-electron chi connectivity index (χ2n) is 5.62. The molecule has 1 unspecified atom stereocenters. The first-order valence-electron chi connectivity index (χ1n) is 6.69. The van der Waals surface area contributed by atoms with E-state index >= 15 is 0 Å². The molecule has 0 aliphatic carbocycles. The molecule has 0 saturated heterocycles. The lowest BCUT2D eigenvalue weighted by molar-refractivity contribution is -0.108. The number of carbonyl (C=O) groups excluding carboxylic acids is 1. The first-order chi connectivity index (χ1) is 8.40. The fraction of sp³-hybridized carbons (Fsp3) is 0.562. The highest BCUT2D eigenvalue weighted by molar-refractivity contribution is 5.56. The molecule has 100 valence electrons.